The molecule has 0 saturated heterocycles. The van der Waals surface area contributed by atoms with Crippen LogP contribution < -0.4 is 11.1 Å². The van der Waals surface area contributed by atoms with Crippen LogP contribution in [0.25, 0.3) is 0 Å². The molecule has 1 aromatic heterocycles. The highest BCUT2D eigenvalue weighted by Gasteiger charge is 2.23. The average molecular weight is 242 g/mol. The van der Waals surface area contributed by atoms with Crippen LogP contribution >= 0.6 is 0 Å². The molecule has 0 radical (unpaired) electrons. The minimum atomic E-state index is -1.36. The molecule has 0 aliphatic rings. The second-order valence-electron chi connectivity index (χ2n) is 3.51. The number of aliphatic hydroxyl groups is 1. The van der Waals surface area contributed by atoms with Gasteiger partial charge in [-0.25, -0.2) is 4.79 Å². The summed E-state index contributed by atoms with van der Waals surface area (Å²) < 4.78 is 1.48. The van der Waals surface area contributed by atoms with Crippen molar-refractivity contribution in [3.8, 4) is 0 Å². The second-order valence-corrected chi connectivity index (χ2v) is 3.51. The van der Waals surface area contributed by atoms with E-state index in [1.165, 1.54) is 10.9 Å². The molecule has 94 valence electrons. The van der Waals surface area contributed by atoms with E-state index in [-0.39, 0.29) is 0 Å². The molecule has 0 aromatic carbocycles. The maximum Gasteiger partial charge on any atom is 0.328 e. The minimum absolute atomic E-state index is 0.465. The number of aromatic nitrogens is 2. The lowest BCUT2D eigenvalue weighted by Crippen LogP contribution is -2.46. The Morgan fingerprint density at radius 1 is 1.65 bits per heavy atom. The van der Waals surface area contributed by atoms with E-state index < -0.39 is 30.6 Å². The Balaban J connectivity index is 2.67. The number of aliphatic carboxylic acids is 1. The van der Waals surface area contributed by atoms with Crippen LogP contribution in [0.3, 0.4) is 0 Å². The number of carboxylic acids is 1. The quantitative estimate of drug-likeness (QED) is 0.471. The molecule has 1 aromatic rings. The summed E-state index contributed by atoms with van der Waals surface area (Å²) in [5, 5.41) is 23.4. The number of nitrogens with two attached hydrogens (primary N) is 1. The molecule has 2 unspecified atom stereocenters. The molecule has 0 fully saturated rings. The summed E-state index contributed by atoms with van der Waals surface area (Å²) in [4.78, 5) is 22.2. The van der Waals surface area contributed by atoms with Gasteiger partial charge in [0.2, 0.25) is 5.91 Å². The summed E-state index contributed by atoms with van der Waals surface area (Å²) in [7, 11) is 1.67. The van der Waals surface area contributed by atoms with E-state index in [1.54, 1.807) is 13.2 Å². The van der Waals surface area contributed by atoms with E-state index in [0.29, 0.717) is 5.56 Å². The molecule has 0 aliphatic heterocycles. The monoisotopic (exact) mass is 242 g/mol. The number of hydrogen-bond donors (Lipinski definition) is 4. The van der Waals surface area contributed by atoms with Gasteiger partial charge in [-0.05, 0) is 0 Å². The zero-order chi connectivity index (χ0) is 13.0. The number of carbonyl (C=O) groups excluding carboxylic acids is 1. The molecule has 17 heavy (non-hydrogen) atoms. The average Bonchev–Trinajstić information content (AvgIpc) is 2.70. The Hall–Kier alpha value is -1.93. The zero-order valence-electron chi connectivity index (χ0n) is 9.20. The Morgan fingerprint density at radius 3 is 2.71 bits per heavy atom. The van der Waals surface area contributed by atoms with Crippen molar-refractivity contribution in [2.75, 3.05) is 6.61 Å². The van der Waals surface area contributed by atoms with Gasteiger partial charge in [-0.1, -0.05) is 0 Å². The fraction of sp³-hybridized carbons (Fsp3) is 0.444. The molecule has 1 heterocycles. The summed E-state index contributed by atoms with van der Waals surface area (Å²) in [6, 6.07) is -2.37. The number of carboxylic acid groups (broad SMARTS) is 1. The molecule has 0 saturated carbocycles. The predicted octanol–water partition coefficient (Wildman–Crippen LogP) is -2.02. The Bertz CT molecular complexity index is 417. The summed E-state index contributed by atoms with van der Waals surface area (Å²) in [5.41, 5.74) is 6.08. The van der Waals surface area contributed by atoms with Gasteiger partial charge in [0.1, 0.15) is 12.1 Å². The number of carbonyl (C=O) groups is 2. The van der Waals surface area contributed by atoms with Crippen LogP contribution in [0.15, 0.2) is 12.4 Å². The van der Waals surface area contributed by atoms with Gasteiger partial charge in [-0.2, -0.15) is 5.10 Å². The standard InChI is InChI=1S/C9H14N4O4/c1-13-3-5(2-11-13)7(10)8(15)12-6(4-14)9(16)17/h2-3,6-7,14H,4,10H2,1H3,(H,12,15)(H,16,17). The van der Waals surface area contributed by atoms with E-state index >= 15 is 0 Å². The van der Waals surface area contributed by atoms with Crippen molar-refractivity contribution in [2.24, 2.45) is 12.8 Å². The van der Waals surface area contributed by atoms with Crippen molar-refractivity contribution in [1.29, 1.82) is 0 Å². The topological polar surface area (TPSA) is 130 Å². The predicted molar refractivity (Wildman–Crippen MR) is 56.8 cm³/mol. The summed E-state index contributed by atoms with van der Waals surface area (Å²) >= 11 is 0. The lowest BCUT2D eigenvalue weighted by Gasteiger charge is -2.14. The first-order valence-corrected chi connectivity index (χ1v) is 4.84. The van der Waals surface area contributed by atoms with E-state index in [9.17, 15) is 9.59 Å². The smallest absolute Gasteiger partial charge is 0.328 e. The highest BCUT2D eigenvalue weighted by Crippen LogP contribution is 2.08. The molecule has 8 heteroatoms. The van der Waals surface area contributed by atoms with Crippen molar-refractivity contribution >= 4 is 11.9 Å². The van der Waals surface area contributed by atoms with Crippen molar-refractivity contribution in [1.82, 2.24) is 15.1 Å². The summed E-state index contributed by atoms with van der Waals surface area (Å²) in [5.74, 6) is -2.00. The first-order valence-electron chi connectivity index (χ1n) is 4.84. The molecule has 0 bridgehead atoms. The molecule has 0 spiro atoms. The second kappa shape index (κ2) is 5.41. The van der Waals surface area contributed by atoms with Crippen molar-refractivity contribution in [2.45, 2.75) is 12.1 Å². The normalized spacial score (nSPS) is 14.1. The number of aliphatic hydroxyl groups excluding tert-OH is 1. The molecular formula is C9H14N4O4. The maximum absolute atomic E-state index is 11.6. The van der Waals surface area contributed by atoms with E-state index in [4.69, 9.17) is 15.9 Å². The molecular weight excluding hydrogens is 228 g/mol. The molecule has 5 N–H and O–H groups in total. The van der Waals surface area contributed by atoms with Crippen LogP contribution in [-0.4, -0.2) is 44.5 Å². The van der Waals surface area contributed by atoms with Gasteiger partial charge in [-0.3, -0.25) is 9.48 Å². The van der Waals surface area contributed by atoms with Gasteiger partial charge in [0.25, 0.3) is 0 Å². The highest BCUT2D eigenvalue weighted by atomic mass is 16.4. The molecule has 0 aliphatic carbocycles. The van der Waals surface area contributed by atoms with Crippen LogP contribution in [0.4, 0.5) is 0 Å². The number of aryl methyl sites for hydroxylation is 1. The van der Waals surface area contributed by atoms with Gasteiger partial charge < -0.3 is 21.3 Å². The maximum atomic E-state index is 11.6. The molecule has 1 amide bonds. The molecule has 1 rings (SSSR count). The SMILES string of the molecule is Cn1cc(C(N)C(=O)NC(CO)C(=O)O)cn1. The van der Waals surface area contributed by atoms with Crippen molar-refractivity contribution < 1.29 is 19.8 Å². The molecule has 2 atom stereocenters. The van der Waals surface area contributed by atoms with Crippen LogP contribution in [0.5, 0.6) is 0 Å². The van der Waals surface area contributed by atoms with Gasteiger partial charge in [0, 0.05) is 18.8 Å². The van der Waals surface area contributed by atoms with E-state index in [1.807, 2.05) is 0 Å². The van der Waals surface area contributed by atoms with Crippen LogP contribution in [0, 0.1) is 0 Å². The minimum Gasteiger partial charge on any atom is -0.480 e. The lowest BCUT2D eigenvalue weighted by atomic mass is 10.1. The van der Waals surface area contributed by atoms with Gasteiger partial charge in [-0.15, -0.1) is 0 Å². The Labute approximate surface area is 97.0 Å². The molecule has 8 nitrogen and oxygen atoms in total. The third kappa shape index (κ3) is 3.26. The van der Waals surface area contributed by atoms with Crippen LogP contribution in [-0.2, 0) is 16.6 Å². The first-order chi connectivity index (χ1) is 7.95. The summed E-state index contributed by atoms with van der Waals surface area (Å²) in [6.45, 7) is -0.694. The van der Waals surface area contributed by atoms with Crippen molar-refractivity contribution in [3.63, 3.8) is 0 Å². The number of nitrogens with zero attached hydrogens (tertiary/aromatic N) is 2. The number of rotatable bonds is 5. The summed E-state index contributed by atoms with van der Waals surface area (Å²) in [6.07, 6.45) is 2.97. The third-order valence-electron chi connectivity index (χ3n) is 2.16. The van der Waals surface area contributed by atoms with Crippen LogP contribution in [0.2, 0.25) is 0 Å². The Morgan fingerprint density at radius 2 is 2.29 bits per heavy atom. The first kappa shape index (κ1) is 13.1. The van der Waals surface area contributed by atoms with Gasteiger partial charge in [0.15, 0.2) is 0 Å². The Kier molecular flexibility index (Phi) is 4.18. The van der Waals surface area contributed by atoms with E-state index in [2.05, 4.69) is 10.4 Å². The van der Waals surface area contributed by atoms with Gasteiger partial charge >= 0.3 is 5.97 Å². The largest absolute Gasteiger partial charge is 0.480 e. The number of nitrogens with one attached hydrogen (secondary N) is 1. The fourth-order valence-corrected chi connectivity index (χ4v) is 1.20. The van der Waals surface area contributed by atoms with Crippen molar-refractivity contribution in [3.05, 3.63) is 18.0 Å². The van der Waals surface area contributed by atoms with E-state index in [0.717, 1.165) is 0 Å². The fourth-order valence-electron chi connectivity index (χ4n) is 1.20. The number of hydrogen-bond acceptors (Lipinski definition) is 5. The lowest BCUT2D eigenvalue weighted by molar-refractivity contribution is -0.143. The number of amides is 1. The zero-order valence-corrected chi connectivity index (χ0v) is 9.20. The van der Waals surface area contributed by atoms with Gasteiger partial charge in [0.05, 0.1) is 12.8 Å². The highest BCUT2D eigenvalue weighted by molar-refractivity contribution is 5.87. The van der Waals surface area contributed by atoms with Crippen LogP contribution in [0.1, 0.15) is 11.6 Å². The third-order valence-corrected chi connectivity index (χ3v) is 2.16.